The maximum absolute atomic E-state index is 14.0. The van der Waals surface area contributed by atoms with E-state index in [2.05, 4.69) is 19.9 Å². The second-order valence-electron chi connectivity index (χ2n) is 9.48. The molecule has 0 N–H and O–H groups in total. The van der Waals surface area contributed by atoms with Gasteiger partial charge in [0, 0.05) is 49.7 Å². The fourth-order valence-corrected chi connectivity index (χ4v) is 4.65. The summed E-state index contributed by atoms with van der Waals surface area (Å²) in [6, 6.07) is 5.75. The van der Waals surface area contributed by atoms with Crippen LogP contribution in [-0.4, -0.2) is 48.4 Å². The van der Waals surface area contributed by atoms with Gasteiger partial charge in [0.05, 0.1) is 29.2 Å². The van der Waals surface area contributed by atoms with Crippen LogP contribution in [0.1, 0.15) is 42.0 Å². The van der Waals surface area contributed by atoms with Crippen LogP contribution in [0.4, 0.5) is 8.78 Å². The number of ether oxygens (including phenoxy) is 1. The van der Waals surface area contributed by atoms with Crippen LogP contribution in [0.3, 0.4) is 0 Å². The zero-order chi connectivity index (χ0) is 28.6. The van der Waals surface area contributed by atoms with E-state index in [0.29, 0.717) is 54.2 Å². The SMILES string of the molecule is CCC(=O)N1CC(c2nccc(-c3cc(-n4c(C)cc(OCc5ncc(F)cc5F)c(Cl)c4=O)c(C)cn3)n2)C1. The molecule has 0 spiro atoms. The van der Waals surface area contributed by atoms with Crippen molar-refractivity contribution in [2.24, 2.45) is 0 Å². The van der Waals surface area contributed by atoms with Crippen LogP contribution in [0.15, 0.2) is 47.7 Å². The van der Waals surface area contributed by atoms with Gasteiger partial charge in [-0.1, -0.05) is 18.5 Å². The van der Waals surface area contributed by atoms with Gasteiger partial charge in [-0.05, 0) is 31.5 Å². The molecule has 5 heterocycles. The van der Waals surface area contributed by atoms with Crippen molar-refractivity contribution in [3.8, 4) is 22.8 Å². The van der Waals surface area contributed by atoms with E-state index in [1.54, 1.807) is 42.4 Å². The average Bonchev–Trinajstić information content (AvgIpc) is 2.91. The van der Waals surface area contributed by atoms with Gasteiger partial charge >= 0.3 is 0 Å². The Balaban J connectivity index is 1.43. The third-order valence-corrected chi connectivity index (χ3v) is 7.05. The Morgan fingerprint density at radius 2 is 1.88 bits per heavy atom. The van der Waals surface area contributed by atoms with Gasteiger partial charge in [0.15, 0.2) is 5.82 Å². The van der Waals surface area contributed by atoms with Crippen molar-refractivity contribution >= 4 is 17.5 Å². The number of hydrogen-bond acceptors (Lipinski definition) is 7. The first-order valence-electron chi connectivity index (χ1n) is 12.6. The van der Waals surface area contributed by atoms with Crippen molar-refractivity contribution in [1.29, 1.82) is 0 Å². The second-order valence-corrected chi connectivity index (χ2v) is 9.86. The second kappa shape index (κ2) is 11.1. The highest BCUT2D eigenvalue weighted by Crippen LogP contribution is 2.29. The minimum Gasteiger partial charge on any atom is -0.485 e. The monoisotopic (exact) mass is 566 g/mol. The zero-order valence-corrected chi connectivity index (χ0v) is 22.7. The highest BCUT2D eigenvalue weighted by atomic mass is 35.5. The van der Waals surface area contributed by atoms with E-state index in [4.69, 9.17) is 16.3 Å². The summed E-state index contributed by atoms with van der Waals surface area (Å²) in [6.45, 7) is 6.18. The van der Waals surface area contributed by atoms with Crippen LogP contribution in [0.5, 0.6) is 5.75 Å². The molecule has 1 saturated heterocycles. The zero-order valence-electron chi connectivity index (χ0n) is 22.0. The first kappa shape index (κ1) is 27.3. The summed E-state index contributed by atoms with van der Waals surface area (Å²) in [4.78, 5) is 44.3. The molecule has 0 aliphatic carbocycles. The highest BCUT2D eigenvalue weighted by Gasteiger charge is 2.33. The van der Waals surface area contributed by atoms with Crippen molar-refractivity contribution < 1.29 is 18.3 Å². The summed E-state index contributed by atoms with van der Waals surface area (Å²) in [5.74, 6) is -0.831. The Morgan fingerprint density at radius 3 is 2.60 bits per heavy atom. The first-order chi connectivity index (χ1) is 19.2. The van der Waals surface area contributed by atoms with Crippen molar-refractivity contribution in [3.05, 3.63) is 92.6 Å². The number of aryl methyl sites for hydroxylation is 2. The Morgan fingerprint density at radius 1 is 1.10 bits per heavy atom. The molecule has 1 aliphatic heterocycles. The topological polar surface area (TPSA) is 103 Å². The fraction of sp³-hybridized carbons (Fsp3) is 0.286. The highest BCUT2D eigenvalue weighted by molar-refractivity contribution is 6.31. The quantitative estimate of drug-likeness (QED) is 0.323. The third kappa shape index (κ3) is 5.29. The number of aromatic nitrogens is 5. The lowest BCUT2D eigenvalue weighted by Gasteiger charge is -2.38. The number of nitrogens with zero attached hydrogens (tertiary/aromatic N) is 6. The molecule has 4 aromatic rings. The van der Waals surface area contributed by atoms with E-state index < -0.39 is 17.2 Å². The van der Waals surface area contributed by atoms with Gasteiger partial charge in [-0.15, -0.1) is 0 Å². The molecule has 40 heavy (non-hydrogen) atoms. The molecule has 9 nitrogen and oxygen atoms in total. The van der Waals surface area contributed by atoms with Gasteiger partial charge in [0.25, 0.3) is 5.56 Å². The van der Waals surface area contributed by atoms with E-state index in [-0.39, 0.29) is 34.9 Å². The fourth-order valence-electron chi connectivity index (χ4n) is 4.46. The van der Waals surface area contributed by atoms with Crippen molar-refractivity contribution in [2.75, 3.05) is 13.1 Å². The summed E-state index contributed by atoms with van der Waals surface area (Å²) in [5.41, 5.74) is 2.24. The van der Waals surface area contributed by atoms with Crippen molar-refractivity contribution in [3.63, 3.8) is 0 Å². The molecule has 0 bridgehead atoms. The van der Waals surface area contributed by atoms with E-state index in [1.165, 1.54) is 4.57 Å². The molecule has 206 valence electrons. The lowest BCUT2D eigenvalue weighted by molar-refractivity contribution is -0.135. The smallest absolute Gasteiger partial charge is 0.277 e. The largest absolute Gasteiger partial charge is 0.485 e. The van der Waals surface area contributed by atoms with E-state index in [9.17, 15) is 18.4 Å². The molecular weight excluding hydrogens is 542 g/mol. The van der Waals surface area contributed by atoms with Gasteiger partial charge in [-0.25, -0.2) is 18.7 Å². The minimum atomic E-state index is -0.863. The lowest BCUT2D eigenvalue weighted by atomic mass is 9.98. The van der Waals surface area contributed by atoms with Crippen molar-refractivity contribution in [1.82, 2.24) is 29.4 Å². The lowest BCUT2D eigenvalue weighted by Crippen LogP contribution is -2.48. The average molecular weight is 567 g/mol. The molecule has 4 aromatic heterocycles. The number of halogens is 3. The number of pyridine rings is 3. The number of hydrogen-bond donors (Lipinski definition) is 0. The van der Waals surface area contributed by atoms with Crippen molar-refractivity contribution in [2.45, 2.75) is 39.7 Å². The number of likely N-dealkylation sites (tertiary alicyclic amines) is 1. The minimum absolute atomic E-state index is 0.0504. The predicted octanol–water partition coefficient (Wildman–Crippen LogP) is 4.55. The Labute approximate surface area is 233 Å². The maximum Gasteiger partial charge on any atom is 0.277 e. The predicted molar refractivity (Wildman–Crippen MR) is 143 cm³/mol. The Bertz CT molecular complexity index is 1670. The summed E-state index contributed by atoms with van der Waals surface area (Å²) in [6.07, 6.45) is 4.64. The van der Waals surface area contributed by atoms with E-state index >= 15 is 0 Å². The van der Waals surface area contributed by atoms with Crippen LogP contribution in [0, 0.1) is 25.5 Å². The molecule has 1 aliphatic rings. The summed E-state index contributed by atoms with van der Waals surface area (Å²) in [5, 5.41) is -0.202. The summed E-state index contributed by atoms with van der Waals surface area (Å²) < 4.78 is 34.1. The molecule has 0 aromatic carbocycles. The van der Waals surface area contributed by atoms with Crippen LogP contribution in [0.2, 0.25) is 5.02 Å². The Hall–Kier alpha value is -4.25. The standard InChI is InChI=1S/C28H25ClF2N6O3/c1-4-25(38)36-12-17(13-36)27-32-6-5-20(35-27)21-9-23(15(2)10-33-21)37-16(3)7-24(26(29)28(37)39)40-14-22-19(31)8-18(30)11-34-22/h5-11,17H,4,12-14H2,1-3H3. The van der Waals surface area contributed by atoms with Gasteiger partial charge in [-0.2, -0.15) is 0 Å². The van der Waals surface area contributed by atoms with Gasteiger partial charge in [-0.3, -0.25) is 24.1 Å². The van der Waals surface area contributed by atoms with Gasteiger partial charge in [0.2, 0.25) is 5.91 Å². The molecule has 1 amide bonds. The maximum atomic E-state index is 14.0. The molecule has 0 unspecified atom stereocenters. The van der Waals surface area contributed by atoms with Crippen LogP contribution < -0.4 is 10.3 Å². The molecule has 0 atom stereocenters. The van der Waals surface area contributed by atoms with Gasteiger partial charge in [0.1, 0.15) is 34.7 Å². The molecule has 0 radical (unpaired) electrons. The third-order valence-electron chi connectivity index (χ3n) is 6.70. The van der Waals surface area contributed by atoms with Crippen LogP contribution >= 0.6 is 11.6 Å². The summed E-state index contributed by atoms with van der Waals surface area (Å²) >= 11 is 6.39. The Kier molecular flexibility index (Phi) is 7.57. The number of carbonyl (C=O) groups is 1. The molecule has 5 rings (SSSR count). The normalized spacial score (nSPS) is 13.3. The number of amides is 1. The molecule has 1 fully saturated rings. The number of carbonyl (C=O) groups excluding carboxylic acids is 1. The van der Waals surface area contributed by atoms with E-state index in [1.807, 2.05) is 13.8 Å². The van der Waals surface area contributed by atoms with Gasteiger partial charge < -0.3 is 9.64 Å². The number of rotatable bonds is 7. The molecule has 0 saturated carbocycles. The first-order valence-corrected chi connectivity index (χ1v) is 13.0. The van der Waals surface area contributed by atoms with Crippen LogP contribution in [0.25, 0.3) is 17.1 Å². The molecular formula is C28H25ClF2N6O3. The molecule has 12 heteroatoms. The summed E-state index contributed by atoms with van der Waals surface area (Å²) in [7, 11) is 0. The van der Waals surface area contributed by atoms with Crippen LogP contribution in [-0.2, 0) is 11.4 Å². The van der Waals surface area contributed by atoms with E-state index in [0.717, 1.165) is 11.8 Å².